The zero-order valence-corrected chi connectivity index (χ0v) is 15.1. The fourth-order valence-corrected chi connectivity index (χ4v) is 3.45. The van der Waals surface area contributed by atoms with Gasteiger partial charge in [0.15, 0.2) is 0 Å². The molecule has 1 aromatic carbocycles. The number of para-hydroxylation sites is 1. The van der Waals surface area contributed by atoms with E-state index < -0.39 is 11.7 Å². The Hall–Kier alpha value is -3.03. The van der Waals surface area contributed by atoms with Gasteiger partial charge in [0.2, 0.25) is 5.91 Å². The average molecular weight is 388 g/mol. The first kappa shape index (κ1) is 18.3. The summed E-state index contributed by atoms with van der Waals surface area (Å²) in [7, 11) is 0. The number of hydrogen-bond acceptors (Lipinski definition) is 3. The second-order valence-corrected chi connectivity index (χ2v) is 6.77. The van der Waals surface area contributed by atoms with Gasteiger partial charge in [-0.3, -0.25) is 4.79 Å². The van der Waals surface area contributed by atoms with Crippen LogP contribution in [0.25, 0.3) is 10.9 Å². The van der Waals surface area contributed by atoms with Crippen molar-refractivity contribution in [3.8, 4) is 0 Å². The molecular formula is C20H19F3N4O. The Balaban J connectivity index is 1.36. The molecule has 1 aliphatic heterocycles. The quantitative estimate of drug-likeness (QED) is 0.691. The number of hydrogen-bond donors (Lipinski definition) is 0. The maximum atomic E-state index is 12.7. The lowest BCUT2D eigenvalue weighted by Gasteiger charge is -2.35. The molecule has 0 bridgehead atoms. The van der Waals surface area contributed by atoms with Crippen LogP contribution in [0, 0.1) is 0 Å². The largest absolute Gasteiger partial charge is 0.417 e. The molecule has 0 aliphatic carbocycles. The molecule has 1 aliphatic rings. The molecule has 146 valence electrons. The minimum absolute atomic E-state index is 0.0291. The third-order valence-corrected chi connectivity index (χ3v) is 5.02. The van der Waals surface area contributed by atoms with Gasteiger partial charge in [0.25, 0.3) is 0 Å². The number of halogens is 3. The number of carbonyl (C=O) groups is 1. The van der Waals surface area contributed by atoms with Crippen molar-refractivity contribution in [1.82, 2.24) is 14.5 Å². The van der Waals surface area contributed by atoms with Crippen LogP contribution in [0.5, 0.6) is 0 Å². The van der Waals surface area contributed by atoms with Crippen molar-refractivity contribution >= 4 is 22.6 Å². The summed E-state index contributed by atoms with van der Waals surface area (Å²) in [6.45, 7) is 2.38. The molecule has 0 spiro atoms. The highest BCUT2D eigenvalue weighted by Crippen LogP contribution is 2.29. The number of carbonyl (C=O) groups excluding carboxylic acids is 1. The molecule has 4 rings (SSSR count). The van der Waals surface area contributed by atoms with E-state index in [9.17, 15) is 18.0 Å². The van der Waals surface area contributed by atoms with Crippen LogP contribution in [0.4, 0.5) is 19.0 Å². The molecule has 3 heterocycles. The van der Waals surface area contributed by atoms with Crippen LogP contribution in [-0.4, -0.2) is 46.5 Å². The van der Waals surface area contributed by atoms with Crippen LogP contribution >= 0.6 is 0 Å². The van der Waals surface area contributed by atoms with Crippen LogP contribution in [0.3, 0.4) is 0 Å². The van der Waals surface area contributed by atoms with Gasteiger partial charge in [-0.25, -0.2) is 4.98 Å². The minimum Gasteiger partial charge on any atom is -0.353 e. The van der Waals surface area contributed by atoms with E-state index in [0.717, 1.165) is 23.2 Å². The monoisotopic (exact) mass is 388 g/mol. The van der Waals surface area contributed by atoms with E-state index in [4.69, 9.17) is 0 Å². The number of fused-ring (bicyclic) bond motifs is 1. The summed E-state index contributed by atoms with van der Waals surface area (Å²) in [5, 5.41) is 1.09. The van der Waals surface area contributed by atoms with E-state index in [2.05, 4.69) is 4.98 Å². The first-order chi connectivity index (χ1) is 13.4. The molecule has 0 saturated carbocycles. The number of amides is 1. The Morgan fingerprint density at radius 1 is 1.00 bits per heavy atom. The van der Waals surface area contributed by atoms with Gasteiger partial charge in [0.1, 0.15) is 12.4 Å². The van der Waals surface area contributed by atoms with Crippen LogP contribution in [0.1, 0.15) is 5.56 Å². The molecule has 3 aromatic rings. The third kappa shape index (κ3) is 3.67. The highest BCUT2D eigenvalue weighted by Gasteiger charge is 2.31. The van der Waals surface area contributed by atoms with Crippen molar-refractivity contribution in [1.29, 1.82) is 0 Å². The SMILES string of the molecule is O=C(Cn1ccc2ccccc21)N1CCN(c2ccc(C(F)(F)F)cn2)CC1. The first-order valence-corrected chi connectivity index (χ1v) is 9.02. The smallest absolute Gasteiger partial charge is 0.353 e. The molecular weight excluding hydrogens is 369 g/mol. The lowest BCUT2D eigenvalue weighted by atomic mass is 10.2. The Bertz CT molecular complexity index is 973. The normalized spacial score (nSPS) is 15.2. The predicted molar refractivity (Wildman–Crippen MR) is 100.0 cm³/mol. The number of piperazine rings is 1. The van der Waals surface area contributed by atoms with Gasteiger partial charge >= 0.3 is 6.18 Å². The van der Waals surface area contributed by atoms with Gasteiger partial charge in [-0.15, -0.1) is 0 Å². The Morgan fingerprint density at radius 3 is 2.43 bits per heavy atom. The highest BCUT2D eigenvalue weighted by atomic mass is 19.4. The summed E-state index contributed by atoms with van der Waals surface area (Å²) in [6.07, 6.45) is -1.63. The topological polar surface area (TPSA) is 41.4 Å². The molecule has 1 fully saturated rings. The fourth-order valence-electron chi connectivity index (χ4n) is 3.45. The second kappa shape index (κ2) is 7.18. The van der Waals surface area contributed by atoms with Crippen molar-refractivity contribution in [2.45, 2.75) is 12.7 Å². The first-order valence-electron chi connectivity index (χ1n) is 9.02. The Labute approximate surface area is 160 Å². The van der Waals surface area contributed by atoms with E-state index in [0.29, 0.717) is 32.0 Å². The second-order valence-electron chi connectivity index (χ2n) is 6.77. The third-order valence-electron chi connectivity index (χ3n) is 5.02. The lowest BCUT2D eigenvalue weighted by Crippen LogP contribution is -2.49. The van der Waals surface area contributed by atoms with E-state index in [1.54, 1.807) is 4.90 Å². The number of anilines is 1. The van der Waals surface area contributed by atoms with Crippen LogP contribution < -0.4 is 4.90 Å². The number of rotatable bonds is 3. The van der Waals surface area contributed by atoms with Gasteiger partial charge in [-0.1, -0.05) is 18.2 Å². The summed E-state index contributed by atoms with van der Waals surface area (Å²) < 4.78 is 39.9. The van der Waals surface area contributed by atoms with Gasteiger partial charge in [0, 0.05) is 44.1 Å². The van der Waals surface area contributed by atoms with Crippen molar-refractivity contribution in [3.05, 3.63) is 60.4 Å². The molecule has 2 aromatic heterocycles. The fraction of sp³-hybridized carbons (Fsp3) is 0.300. The highest BCUT2D eigenvalue weighted by molar-refractivity contribution is 5.83. The average Bonchev–Trinajstić information content (AvgIpc) is 3.10. The van der Waals surface area contributed by atoms with Gasteiger partial charge < -0.3 is 14.4 Å². The van der Waals surface area contributed by atoms with Crippen molar-refractivity contribution < 1.29 is 18.0 Å². The maximum absolute atomic E-state index is 12.7. The van der Waals surface area contributed by atoms with Crippen molar-refractivity contribution in [2.75, 3.05) is 31.1 Å². The minimum atomic E-state index is -4.39. The molecule has 28 heavy (non-hydrogen) atoms. The van der Waals surface area contributed by atoms with Gasteiger partial charge in [-0.05, 0) is 29.7 Å². The van der Waals surface area contributed by atoms with E-state index >= 15 is 0 Å². The Kier molecular flexibility index (Phi) is 4.70. The van der Waals surface area contributed by atoms with Crippen LogP contribution in [0.2, 0.25) is 0 Å². The number of nitrogens with zero attached hydrogens (tertiary/aromatic N) is 4. The number of benzene rings is 1. The summed E-state index contributed by atoms with van der Waals surface area (Å²) in [4.78, 5) is 20.3. The summed E-state index contributed by atoms with van der Waals surface area (Å²) in [6, 6.07) is 12.3. The number of pyridine rings is 1. The van der Waals surface area contributed by atoms with Gasteiger partial charge in [-0.2, -0.15) is 13.2 Å². The van der Waals surface area contributed by atoms with E-state index in [-0.39, 0.29) is 12.5 Å². The van der Waals surface area contributed by atoms with E-state index in [1.165, 1.54) is 6.07 Å². The summed E-state index contributed by atoms with van der Waals surface area (Å²) in [5.74, 6) is 0.526. The maximum Gasteiger partial charge on any atom is 0.417 e. The molecule has 8 heteroatoms. The summed E-state index contributed by atoms with van der Waals surface area (Å²) in [5.41, 5.74) is 0.257. The van der Waals surface area contributed by atoms with Crippen LogP contribution in [0.15, 0.2) is 54.9 Å². The van der Waals surface area contributed by atoms with E-state index in [1.807, 2.05) is 46.0 Å². The Morgan fingerprint density at radius 2 is 1.75 bits per heavy atom. The zero-order chi connectivity index (χ0) is 19.7. The van der Waals surface area contributed by atoms with Crippen molar-refractivity contribution in [2.24, 2.45) is 0 Å². The van der Waals surface area contributed by atoms with Crippen LogP contribution in [-0.2, 0) is 17.5 Å². The molecule has 0 radical (unpaired) electrons. The molecule has 0 N–H and O–H groups in total. The summed E-state index contributed by atoms with van der Waals surface area (Å²) >= 11 is 0. The predicted octanol–water partition coefficient (Wildman–Crippen LogP) is 3.40. The van der Waals surface area contributed by atoms with Gasteiger partial charge in [0.05, 0.1) is 5.56 Å². The number of aromatic nitrogens is 2. The molecule has 1 amide bonds. The number of alkyl halides is 3. The molecule has 1 saturated heterocycles. The molecule has 5 nitrogen and oxygen atoms in total. The standard InChI is InChI=1S/C20H19F3N4O/c21-20(22,23)16-5-6-18(24-13-16)25-9-11-26(12-10-25)19(28)14-27-8-7-15-3-1-2-4-17(15)27/h1-8,13H,9-12,14H2. The molecule has 0 atom stereocenters. The van der Waals surface area contributed by atoms with Crippen molar-refractivity contribution in [3.63, 3.8) is 0 Å². The lowest BCUT2D eigenvalue weighted by molar-refractivity contribution is -0.138. The zero-order valence-electron chi connectivity index (χ0n) is 15.1. The molecule has 0 unspecified atom stereocenters.